The Morgan fingerprint density at radius 3 is 2.80 bits per heavy atom. The number of aryl methyl sites for hydroxylation is 1. The van der Waals surface area contributed by atoms with Crippen molar-refractivity contribution in [2.75, 3.05) is 7.11 Å². The molecule has 0 bridgehead atoms. The van der Waals surface area contributed by atoms with Gasteiger partial charge in [-0.15, -0.1) is 0 Å². The lowest BCUT2D eigenvalue weighted by Gasteiger charge is -2.20. The van der Waals surface area contributed by atoms with Crippen LogP contribution in [0.25, 0.3) is 0 Å². The molecular weight excluding hydrogens is 216 g/mol. The van der Waals surface area contributed by atoms with Gasteiger partial charge in [-0.2, -0.15) is 5.10 Å². The molecule has 15 heavy (non-hydrogen) atoms. The smallest absolute Gasteiger partial charge is 0.0834 e. The molecule has 2 unspecified atom stereocenters. The summed E-state index contributed by atoms with van der Waals surface area (Å²) in [6.45, 7) is 1.98. The van der Waals surface area contributed by atoms with Crippen LogP contribution in [0.4, 0.5) is 0 Å². The molecule has 2 atom stereocenters. The zero-order valence-corrected chi connectivity index (χ0v) is 9.95. The maximum Gasteiger partial charge on any atom is 0.0834 e. The number of hydrogen-bond donors (Lipinski definition) is 2. The highest BCUT2D eigenvalue weighted by Crippen LogP contribution is 2.25. The van der Waals surface area contributed by atoms with Crippen LogP contribution in [0.2, 0.25) is 5.02 Å². The molecule has 0 fully saturated rings. The molecule has 0 radical (unpaired) electrons. The molecule has 0 aromatic carbocycles. The second kappa shape index (κ2) is 5.46. The summed E-state index contributed by atoms with van der Waals surface area (Å²) in [7, 11) is 3.51. The van der Waals surface area contributed by atoms with E-state index in [0.29, 0.717) is 5.02 Å². The highest BCUT2D eigenvalue weighted by atomic mass is 35.5. The van der Waals surface area contributed by atoms with Gasteiger partial charge in [0.25, 0.3) is 0 Å². The second-order valence-corrected chi connectivity index (χ2v) is 3.91. The molecular formula is C9H17ClN4O. The molecule has 0 aliphatic heterocycles. The minimum Gasteiger partial charge on any atom is -0.382 e. The molecule has 0 aliphatic carbocycles. The van der Waals surface area contributed by atoms with E-state index in [0.717, 1.165) is 12.1 Å². The van der Waals surface area contributed by atoms with Crippen molar-refractivity contribution in [2.45, 2.75) is 25.5 Å². The third-order valence-electron chi connectivity index (χ3n) is 2.44. The lowest BCUT2D eigenvalue weighted by Crippen LogP contribution is -2.32. The number of ether oxygens (including phenoxy) is 1. The number of nitrogens with one attached hydrogen (secondary N) is 1. The monoisotopic (exact) mass is 232 g/mol. The van der Waals surface area contributed by atoms with Crippen LogP contribution in [-0.4, -0.2) is 23.0 Å². The van der Waals surface area contributed by atoms with Gasteiger partial charge in [0.05, 0.1) is 29.1 Å². The van der Waals surface area contributed by atoms with Gasteiger partial charge < -0.3 is 4.74 Å². The highest BCUT2D eigenvalue weighted by Gasteiger charge is 2.20. The van der Waals surface area contributed by atoms with Crippen LogP contribution < -0.4 is 11.3 Å². The predicted octanol–water partition coefficient (Wildman–Crippen LogP) is 1.00. The van der Waals surface area contributed by atoms with E-state index >= 15 is 0 Å². The number of aromatic nitrogens is 2. The van der Waals surface area contributed by atoms with Crippen molar-refractivity contribution in [2.24, 2.45) is 12.9 Å². The molecule has 5 nitrogen and oxygen atoms in total. The first-order chi connectivity index (χ1) is 7.10. The Bertz CT molecular complexity index is 296. The molecule has 3 N–H and O–H groups in total. The number of rotatable bonds is 5. The molecule has 1 aromatic heterocycles. The zero-order valence-electron chi connectivity index (χ0n) is 9.20. The van der Waals surface area contributed by atoms with Crippen LogP contribution >= 0.6 is 11.6 Å². The number of nitrogens with two attached hydrogens (primary N) is 1. The number of hydrazine groups is 1. The van der Waals surface area contributed by atoms with Crippen LogP contribution in [0.3, 0.4) is 0 Å². The van der Waals surface area contributed by atoms with Crippen LogP contribution in [0, 0.1) is 0 Å². The van der Waals surface area contributed by atoms with E-state index in [2.05, 4.69) is 10.5 Å². The van der Waals surface area contributed by atoms with Crippen molar-refractivity contribution < 1.29 is 4.74 Å². The van der Waals surface area contributed by atoms with Crippen LogP contribution in [0.1, 0.15) is 25.1 Å². The molecule has 0 saturated carbocycles. The topological polar surface area (TPSA) is 65.1 Å². The molecule has 1 aromatic rings. The first-order valence-electron chi connectivity index (χ1n) is 4.76. The summed E-state index contributed by atoms with van der Waals surface area (Å²) in [5.74, 6) is 5.50. The molecule has 0 aliphatic rings. The Balaban J connectivity index is 2.82. The van der Waals surface area contributed by atoms with Crippen molar-refractivity contribution in [3.05, 3.63) is 16.9 Å². The summed E-state index contributed by atoms with van der Waals surface area (Å²) in [5.41, 5.74) is 3.60. The van der Waals surface area contributed by atoms with Gasteiger partial charge in [-0.05, 0) is 13.3 Å². The fourth-order valence-electron chi connectivity index (χ4n) is 1.50. The number of nitrogens with zero attached hydrogens (tertiary/aromatic N) is 2. The number of methoxy groups -OCH3 is 1. The fraction of sp³-hybridized carbons (Fsp3) is 0.667. The maximum absolute atomic E-state index is 6.03. The molecule has 6 heteroatoms. The van der Waals surface area contributed by atoms with Gasteiger partial charge in [0.1, 0.15) is 0 Å². The van der Waals surface area contributed by atoms with Crippen molar-refractivity contribution in [3.8, 4) is 0 Å². The maximum atomic E-state index is 6.03. The second-order valence-electron chi connectivity index (χ2n) is 3.50. The average molecular weight is 233 g/mol. The SMILES string of the molecule is COC(C)CC(NN)c1c(Cl)cnn1C. The number of hydrogen-bond acceptors (Lipinski definition) is 4. The van der Waals surface area contributed by atoms with Gasteiger partial charge in [-0.25, -0.2) is 0 Å². The fourth-order valence-corrected chi connectivity index (χ4v) is 1.80. The molecule has 1 rings (SSSR count). The van der Waals surface area contributed by atoms with Crippen LogP contribution in [0.5, 0.6) is 0 Å². The van der Waals surface area contributed by atoms with Gasteiger partial charge in [0, 0.05) is 14.2 Å². The highest BCUT2D eigenvalue weighted by molar-refractivity contribution is 6.31. The van der Waals surface area contributed by atoms with Gasteiger partial charge in [0.2, 0.25) is 0 Å². The summed E-state index contributed by atoms with van der Waals surface area (Å²) in [6.07, 6.45) is 2.46. The van der Waals surface area contributed by atoms with E-state index < -0.39 is 0 Å². The first kappa shape index (κ1) is 12.4. The molecule has 0 saturated heterocycles. The third-order valence-corrected chi connectivity index (χ3v) is 2.73. The lowest BCUT2D eigenvalue weighted by atomic mass is 10.1. The minimum atomic E-state index is -0.0556. The lowest BCUT2D eigenvalue weighted by molar-refractivity contribution is 0.0994. The summed E-state index contributed by atoms with van der Waals surface area (Å²) in [6, 6.07) is -0.0556. The Hall–Kier alpha value is -0.620. The summed E-state index contributed by atoms with van der Waals surface area (Å²) in [4.78, 5) is 0. The Morgan fingerprint density at radius 1 is 1.73 bits per heavy atom. The van der Waals surface area contributed by atoms with Crippen molar-refractivity contribution >= 4 is 11.6 Å². The summed E-state index contributed by atoms with van der Waals surface area (Å²) in [5, 5.41) is 4.68. The zero-order chi connectivity index (χ0) is 11.4. The summed E-state index contributed by atoms with van der Waals surface area (Å²) >= 11 is 6.03. The molecule has 0 amide bonds. The Labute approximate surface area is 94.5 Å². The number of halogens is 1. The minimum absolute atomic E-state index is 0.0556. The van der Waals surface area contributed by atoms with E-state index in [1.165, 1.54) is 0 Å². The normalized spacial score (nSPS) is 15.3. The van der Waals surface area contributed by atoms with E-state index in [4.69, 9.17) is 22.2 Å². The quantitative estimate of drug-likeness (QED) is 0.587. The first-order valence-corrected chi connectivity index (χ1v) is 5.14. The predicted molar refractivity (Wildman–Crippen MR) is 59.4 cm³/mol. The van der Waals surface area contributed by atoms with Gasteiger partial charge in [-0.3, -0.25) is 16.0 Å². The van der Waals surface area contributed by atoms with E-state index in [9.17, 15) is 0 Å². The molecule has 1 heterocycles. The Morgan fingerprint density at radius 2 is 2.40 bits per heavy atom. The average Bonchev–Trinajstić information content (AvgIpc) is 2.55. The van der Waals surface area contributed by atoms with Crippen molar-refractivity contribution in [3.63, 3.8) is 0 Å². The van der Waals surface area contributed by atoms with Gasteiger partial charge >= 0.3 is 0 Å². The largest absolute Gasteiger partial charge is 0.382 e. The molecule has 0 spiro atoms. The van der Waals surface area contributed by atoms with E-state index in [1.54, 1.807) is 18.0 Å². The van der Waals surface area contributed by atoms with Gasteiger partial charge in [-0.1, -0.05) is 11.6 Å². The third kappa shape index (κ3) is 2.92. The van der Waals surface area contributed by atoms with Crippen molar-refractivity contribution in [1.82, 2.24) is 15.2 Å². The van der Waals surface area contributed by atoms with Gasteiger partial charge in [0.15, 0.2) is 0 Å². The Kier molecular flexibility index (Phi) is 4.53. The summed E-state index contributed by atoms with van der Waals surface area (Å²) < 4.78 is 6.91. The van der Waals surface area contributed by atoms with Crippen LogP contribution in [-0.2, 0) is 11.8 Å². The van der Waals surface area contributed by atoms with E-state index in [1.807, 2.05) is 14.0 Å². The van der Waals surface area contributed by atoms with Crippen molar-refractivity contribution in [1.29, 1.82) is 0 Å². The molecule has 86 valence electrons. The van der Waals surface area contributed by atoms with E-state index in [-0.39, 0.29) is 12.1 Å². The standard InChI is InChI=1S/C9H17ClN4O/c1-6(15-3)4-8(13-11)9-7(10)5-12-14(9)2/h5-6,8,13H,4,11H2,1-3H3. The van der Waals surface area contributed by atoms with Crippen LogP contribution in [0.15, 0.2) is 6.20 Å².